The highest BCUT2D eigenvalue weighted by Gasteiger charge is 2.25. The van der Waals surface area contributed by atoms with Crippen molar-refractivity contribution in [1.29, 1.82) is 0 Å². The summed E-state index contributed by atoms with van der Waals surface area (Å²) in [6.45, 7) is -0.914. The molecule has 106 valence electrons. The number of ether oxygens (including phenoxy) is 1. The molecule has 1 fully saturated rings. The molecule has 0 unspecified atom stereocenters. The van der Waals surface area contributed by atoms with Gasteiger partial charge in [0.05, 0.1) is 4.90 Å². The molecule has 1 aromatic rings. The molecule has 5 nitrogen and oxygen atoms in total. The molecule has 0 radical (unpaired) electrons. The number of rotatable bonds is 4. The number of nitrogens with one attached hydrogen (secondary N) is 1. The minimum atomic E-state index is -3.56. The number of hydrogen-bond donors (Lipinski definition) is 1. The van der Waals surface area contributed by atoms with Crippen molar-refractivity contribution in [2.45, 2.75) is 11.5 Å². The monoisotopic (exact) mass is 292 g/mol. The first kappa shape index (κ1) is 14.2. The molecular weight excluding hydrogens is 278 g/mol. The van der Waals surface area contributed by atoms with Crippen LogP contribution in [0.25, 0.3) is 0 Å². The van der Waals surface area contributed by atoms with Gasteiger partial charge >= 0.3 is 6.61 Å². The van der Waals surface area contributed by atoms with Gasteiger partial charge in [-0.2, -0.15) is 13.1 Å². The lowest BCUT2D eigenvalue weighted by Gasteiger charge is -2.26. The van der Waals surface area contributed by atoms with E-state index in [1.54, 1.807) is 0 Å². The van der Waals surface area contributed by atoms with Crippen LogP contribution in [0.5, 0.6) is 5.75 Å². The third kappa shape index (κ3) is 3.40. The first-order valence-electron chi connectivity index (χ1n) is 5.76. The zero-order chi connectivity index (χ0) is 13.9. The number of benzene rings is 1. The first-order valence-corrected chi connectivity index (χ1v) is 7.20. The number of halogens is 2. The van der Waals surface area contributed by atoms with Gasteiger partial charge in [-0.05, 0) is 24.3 Å². The summed E-state index contributed by atoms with van der Waals surface area (Å²) >= 11 is 0. The lowest BCUT2D eigenvalue weighted by atomic mass is 10.3. The van der Waals surface area contributed by atoms with Gasteiger partial charge in [0.15, 0.2) is 0 Å². The Morgan fingerprint density at radius 1 is 1.16 bits per heavy atom. The highest BCUT2D eigenvalue weighted by Crippen LogP contribution is 2.20. The maximum Gasteiger partial charge on any atom is 0.387 e. The fraction of sp³-hybridized carbons (Fsp3) is 0.455. The quantitative estimate of drug-likeness (QED) is 0.895. The topological polar surface area (TPSA) is 58.6 Å². The van der Waals surface area contributed by atoms with E-state index in [1.165, 1.54) is 28.6 Å². The molecule has 19 heavy (non-hydrogen) atoms. The Balaban J connectivity index is 2.16. The molecule has 0 aromatic heterocycles. The van der Waals surface area contributed by atoms with E-state index in [1.807, 2.05) is 0 Å². The standard InChI is InChI=1S/C11H14F2N2O3S/c12-11(13)18-9-1-3-10(4-2-9)19(16,17)15-7-5-14-6-8-15/h1-4,11,14H,5-8H2. The Hall–Kier alpha value is -1.25. The van der Waals surface area contributed by atoms with Crippen molar-refractivity contribution < 1.29 is 21.9 Å². The average molecular weight is 292 g/mol. The van der Waals surface area contributed by atoms with Crippen LogP contribution in [0.4, 0.5) is 8.78 Å². The van der Waals surface area contributed by atoms with Crippen LogP contribution in [-0.2, 0) is 10.0 Å². The van der Waals surface area contributed by atoms with Crippen molar-refractivity contribution in [3.8, 4) is 5.75 Å². The fourth-order valence-electron chi connectivity index (χ4n) is 1.83. The van der Waals surface area contributed by atoms with Crippen LogP contribution in [0.15, 0.2) is 29.2 Å². The summed E-state index contributed by atoms with van der Waals surface area (Å²) in [6, 6.07) is 4.99. The van der Waals surface area contributed by atoms with Gasteiger partial charge in [0, 0.05) is 26.2 Å². The molecule has 0 bridgehead atoms. The van der Waals surface area contributed by atoms with E-state index in [0.717, 1.165) is 0 Å². The summed E-state index contributed by atoms with van der Waals surface area (Å²) in [5.74, 6) is -0.0609. The molecule has 0 saturated carbocycles. The van der Waals surface area contributed by atoms with Gasteiger partial charge in [-0.3, -0.25) is 0 Å². The maximum absolute atomic E-state index is 12.2. The zero-order valence-electron chi connectivity index (χ0n) is 10.1. The molecule has 1 aliphatic heterocycles. The van der Waals surface area contributed by atoms with Crippen molar-refractivity contribution in [3.05, 3.63) is 24.3 Å². The predicted molar refractivity (Wildman–Crippen MR) is 64.7 cm³/mol. The number of sulfonamides is 1. The Bertz CT molecular complexity index is 513. The SMILES string of the molecule is O=S(=O)(c1ccc(OC(F)F)cc1)N1CCNCC1. The Labute approximate surface area is 110 Å². The number of hydrogen-bond acceptors (Lipinski definition) is 4. The molecule has 1 aliphatic rings. The van der Waals surface area contributed by atoms with E-state index in [-0.39, 0.29) is 10.6 Å². The van der Waals surface area contributed by atoms with E-state index < -0.39 is 16.6 Å². The molecule has 0 spiro atoms. The minimum absolute atomic E-state index is 0.0609. The number of nitrogens with zero attached hydrogens (tertiary/aromatic N) is 1. The van der Waals surface area contributed by atoms with Crippen LogP contribution in [0.3, 0.4) is 0 Å². The van der Waals surface area contributed by atoms with Gasteiger partial charge in [-0.15, -0.1) is 0 Å². The summed E-state index contributed by atoms with van der Waals surface area (Å²) in [4.78, 5) is 0.0796. The van der Waals surface area contributed by atoms with E-state index >= 15 is 0 Å². The summed E-state index contributed by atoms with van der Waals surface area (Å²) in [7, 11) is -3.56. The smallest absolute Gasteiger partial charge is 0.387 e. The Morgan fingerprint density at radius 3 is 2.26 bits per heavy atom. The van der Waals surface area contributed by atoms with Gasteiger partial charge in [-0.1, -0.05) is 0 Å². The van der Waals surface area contributed by atoms with Gasteiger partial charge in [0.2, 0.25) is 10.0 Å². The van der Waals surface area contributed by atoms with Crippen molar-refractivity contribution in [2.75, 3.05) is 26.2 Å². The van der Waals surface area contributed by atoms with Crippen LogP contribution in [0, 0.1) is 0 Å². The number of piperazine rings is 1. The van der Waals surface area contributed by atoms with Crippen molar-refractivity contribution in [2.24, 2.45) is 0 Å². The van der Waals surface area contributed by atoms with Crippen LogP contribution in [0.1, 0.15) is 0 Å². The zero-order valence-corrected chi connectivity index (χ0v) is 10.9. The molecule has 2 rings (SSSR count). The molecular formula is C11H14F2N2O3S. The van der Waals surface area contributed by atoms with E-state index in [4.69, 9.17) is 0 Å². The largest absolute Gasteiger partial charge is 0.435 e. The molecule has 0 amide bonds. The normalized spacial score (nSPS) is 17.6. The lowest BCUT2D eigenvalue weighted by Crippen LogP contribution is -2.46. The van der Waals surface area contributed by atoms with Crippen LogP contribution < -0.4 is 10.1 Å². The highest BCUT2D eigenvalue weighted by atomic mass is 32.2. The second kappa shape index (κ2) is 5.81. The molecule has 1 heterocycles. The molecule has 8 heteroatoms. The third-order valence-electron chi connectivity index (χ3n) is 2.76. The third-order valence-corrected chi connectivity index (χ3v) is 4.68. The van der Waals surface area contributed by atoms with E-state index in [2.05, 4.69) is 10.1 Å². The van der Waals surface area contributed by atoms with Crippen molar-refractivity contribution >= 4 is 10.0 Å². The van der Waals surface area contributed by atoms with Gasteiger partial charge in [0.1, 0.15) is 5.75 Å². The maximum atomic E-state index is 12.2. The molecule has 1 aromatic carbocycles. The predicted octanol–water partition coefficient (Wildman–Crippen LogP) is 0.882. The summed E-state index contributed by atoms with van der Waals surface area (Å²) in [5, 5.41) is 3.06. The summed E-state index contributed by atoms with van der Waals surface area (Å²) in [5.41, 5.74) is 0. The molecule has 1 saturated heterocycles. The van der Waals surface area contributed by atoms with E-state index in [0.29, 0.717) is 26.2 Å². The van der Waals surface area contributed by atoms with Gasteiger partial charge in [-0.25, -0.2) is 8.42 Å². The summed E-state index contributed by atoms with van der Waals surface area (Å²) < 4.78 is 54.0. The number of alkyl halides is 2. The molecule has 0 atom stereocenters. The lowest BCUT2D eigenvalue weighted by molar-refractivity contribution is -0.0498. The van der Waals surface area contributed by atoms with E-state index in [9.17, 15) is 17.2 Å². The van der Waals surface area contributed by atoms with Crippen molar-refractivity contribution in [1.82, 2.24) is 9.62 Å². The van der Waals surface area contributed by atoms with Crippen molar-refractivity contribution in [3.63, 3.8) is 0 Å². The van der Waals surface area contributed by atoms with Gasteiger partial charge in [0.25, 0.3) is 0 Å². The highest BCUT2D eigenvalue weighted by molar-refractivity contribution is 7.89. The molecule has 0 aliphatic carbocycles. The minimum Gasteiger partial charge on any atom is -0.435 e. The average Bonchev–Trinajstić information content (AvgIpc) is 2.40. The Kier molecular flexibility index (Phi) is 4.33. The second-order valence-electron chi connectivity index (χ2n) is 4.00. The van der Waals surface area contributed by atoms with Crippen LogP contribution in [0.2, 0.25) is 0 Å². The first-order chi connectivity index (χ1) is 9.00. The summed E-state index contributed by atoms with van der Waals surface area (Å²) in [6.07, 6.45) is 0. The van der Waals surface area contributed by atoms with Gasteiger partial charge < -0.3 is 10.1 Å². The van der Waals surface area contributed by atoms with Crippen LogP contribution >= 0.6 is 0 Å². The van der Waals surface area contributed by atoms with Crippen LogP contribution in [-0.4, -0.2) is 45.5 Å². The molecule has 1 N–H and O–H groups in total. The Morgan fingerprint density at radius 2 is 1.74 bits per heavy atom. The fourth-order valence-corrected chi connectivity index (χ4v) is 3.27. The second-order valence-corrected chi connectivity index (χ2v) is 5.94.